The minimum absolute atomic E-state index is 0.0414. The van der Waals surface area contributed by atoms with Gasteiger partial charge in [0.05, 0.1) is 32.1 Å². The minimum atomic E-state index is -0.989. The van der Waals surface area contributed by atoms with Gasteiger partial charge in [-0.05, 0) is 34.4 Å². The Kier molecular flexibility index (Phi) is 8.18. The minimum Gasteiger partial charge on any atom is -0.507 e. The molecule has 2 aromatic rings. The van der Waals surface area contributed by atoms with Gasteiger partial charge in [-0.3, -0.25) is 15.0 Å². The van der Waals surface area contributed by atoms with E-state index >= 15 is 0 Å². The van der Waals surface area contributed by atoms with E-state index in [2.05, 4.69) is 0 Å². The summed E-state index contributed by atoms with van der Waals surface area (Å²) in [6.45, 7) is 12.2. The van der Waals surface area contributed by atoms with Crippen molar-refractivity contribution in [3.8, 4) is 5.75 Å². The molecule has 200 valence electrons. The van der Waals surface area contributed by atoms with Crippen molar-refractivity contribution in [2.24, 2.45) is 11.8 Å². The lowest BCUT2D eigenvalue weighted by atomic mass is 9.78. The number of aliphatic hydroxyl groups is 1. The summed E-state index contributed by atoms with van der Waals surface area (Å²) >= 11 is 0. The van der Waals surface area contributed by atoms with Crippen LogP contribution in [0.1, 0.15) is 81.1 Å². The third kappa shape index (κ3) is 6.21. The Morgan fingerprint density at radius 1 is 1.05 bits per heavy atom. The first-order chi connectivity index (χ1) is 17.1. The first-order valence-corrected chi connectivity index (χ1v) is 12.7. The fourth-order valence-corrected chi connectivity index (χ4v) is 5.04. The normalized spacial score (nSPS) is 19.1. The third-order valence-corrected chi connectivity index (χ3v) is 7.14. The monoisotopic (exact) mass is 508 g/mol. The van der Waals surface area contributed by atoms with Crippen LogP contribution in [0.4, 0.5) is 0 Å². The number of hydrogen-bond donors (Lipinski definition) is 3. The maximum Gasteiger partial charge on any atom is 0.305 e. The van der Waals surface area contributed by atoms with Crippen LogP contribution in [-0.2, 0) is 20.4 Å². The van der Waals surface area contributed by atoms with E-state index in [4.69, 9.17) is 10.1 Å². The summed E-state index contributed by atoms with van der Waals surface area (Å²) in [6.07, 6.45) is -0.947. The molecule has 0 saturated carbocycles. The SMILES string of the molecule is COC(=O)CC1CN(CC(=O)c2cc(C(C)(C)C)c(O)c(C(C)(C)C)c2)C(=N)C1C(O)c1ccccc1. The Labute approximate surface area is 220 Å². The van der Waals surface area contributed by atoms with Crippen LogP contribution >= 0.6 is 0 Å². The van der Waals surface area contributed by atoms with Gasteiger partial charge in [0, 0.05) is 23.2 Å². The van der Waals surface area contributed by atoms with Gasteiger partial charge in [-0.15, -0.1) is 0 Å². The van der Waals surface area contributed by atoms with Gasteiger partial charge in [0.15, 0.2) is 5.78 Å². The van der Waals surface area contributed by atoms with Gasteiger partial charge in [0.25, 0.3) is 0 Å². The molecule has 7 heteroatoms. The molecule has 1 fully saturated rings. The number of aliphatic hydroxyl groups excluding tert-OH is 1. The number of nitrogens with one attached hydrogen (secondary N) is 1. The molecule has 0 radical (unpaired) electrons. The second kappa shape index (κ2) is 10.7. The fraction of sp³-hybridized carbons (Fsp3) is 0.500. The molecular weight excluding hydrogens is 468 g/mol. The molecular formula is C30H40N2O5. The Morgan fingerprint density at radius 3 is 2.08 bits per heavy atom. The second-order valence-corrected chi connectivity index (χ2v) is 12.0. The number of nitrogens with zero attached hydrogens (tertiary/aromatic N) is 1. The number of amidine groups is 1. The molecule has 2 aromatic carbocycles. The van der Waals surface area contributed by atoms with Crippen LogP contribution in [0.5, 0.6) is 5.75 Å². The molecule has 3 unspecified atom stereocenters. The summed E-state index contributed by atoms with van der Waals surface area (Å²) in [5.41, 5.74) is 1.76. The number of rotatable bonds is 7. The number of esters is 1. The molecule has 0 aliphatic carbocycles. The van der Waals surface area contributed by atoms with Crippen LogP contribution in [0.15, 0.2) is 42.5 Å². The number of benzene rings is 2. The maximum atomic E-state index is 13.6. The zero-order chi connectivity index (χ0) is 27.7. The summed E-state index contributed by atoms with van der Waals surface area (Å²) in [4.78, 5) is 27.4. The first kappa shape index (κ1) is 28.4. The third-order valence-electron chi connectivity index (χ3n) is 7.14. The molecule has 3 rings (SSSR count). The van der Waals surface area contributed by atoms with Crippen molar-refractivity contribution in [1.82, 2.24) is 4.90 Å². The van der Waals surface area contributed by atoms with Gasteiger partial charge in [0.1, 0.15) is 11.6 Å². The predicted molar refractivity (Wildman–Crippen MR) is 144 cm³/mol. The number of ether oxygens (including phenoxy) is 1. The van der Waals surface area contributed by atoms with E-state index in [-0.39, 0.29) is 53.6 Å². The maximum absolute atomic E-state index is 13.6. The van der Waals surface area contributed by atoms with Crippen LogP contribution in [0.2, 0.25) is 0 Å². The molecule has 0 spiro atoms. The van der Waals surface area contributed by atoms with Crippen LogP contribution in [0.25, 0.3) is 0 Å². The summed E-state index contributed by atoms with van der Waals surface area (Å²) in [6, 6.07) is 12.6. The molecule has 0 amide bonds. The van der Waals surface area contributed by atoms with Gasteiger partial charge in [-0.25, -0.2) is 0 Å². The molecule has 0 bridgehead atoms. The van der Waals surface area contributed by atoms with Crippen molar-refractivity contribution in [3.05, 3.63) is 64.7 Å². The van der Waals surface area contributed by atoms with Gasteiger partial charge >= 0.3 is 5.97 Å². The number of carbonyl (C=O) groups excluding carboxylic acids is 2. The topological polar surface area (TPSA) is 111 Å². The fourth-order valence-electron chi connectivity index (χ4n) is 5.04. The van der Waals surface area contributed by atoms with Crippen molar-refractivity contribution in [2.75, 3.05) is 20.2 Å². The number of hydrogen-bond acceptors (Lipinski definition) is 6. The summed E-state index contributed by atoms with van der Waals surface area (Å²) in [5, 5.41) is 31.0. The molecule has 1 aliphatic heterocycles. The Balaban J connectivity index is 1.94. The van der Waals surface area contributed by atoms with E-state index in [0.717, 1.165) is 0 Å². The van der Waals surface area contributed by atoms with Gasteiger partial charge < -0.3 is 19.8 Å². The lowest BCUT2D eigenvalue weighted by Crippen LogP contribution is -2.34. The van der Waals surface area contributed by atoms with E-state index in [0.29, 0.717) is 22.3 Å². The Morgan fingerprint density at radius 2 is 1.59 bits per heavy atom. The molecule has 0 aromatic heterocycles. The summed E-state index contributed by atoms with van der Waals surface area (Å²) in [5.74, 6) is -1.30. The second-order valence-electron chi connectivity index (χ2n) is 12.0. The number of Topliss-reactive ketones (excluding diaryl/α,β-unsaturated/α-hetero) is 1. The number of phenols is 1. The predicted octanol–water partition coefficient (Wildman–Crippen LogP) is 4.99. The standard InChI is InChI=1S/C30H40N2O5/c1-29(2,3)21-13-19(14-22(27(21)36)30(4,5)6)23(33)17-32-16-20(15-24(34)37-7)25(28(32)31)26(35)18-11-9-8-10-12-18/h8-14,20,25-26,31,35-36H,15-17H2,1-7H3. The Bertz CT molecular complexity index is 1130. The van der Waals surface area contributed by atoms with Crippen molar-refractivity contribution in [1.29, 1.82) is 5.41 Å². The van der Waals surface area contributed by atoms with E-state index in [1.54, 1.807) is 29.2 Å². The highest BCUT2D eigenvalue weighted by molar-refractivity contribution is 6.01. The number of carbonyl (C=O) groups is 2. The number of methoxy groups -OCH3 is 1. The average Bonchev–Trinajstić information content (AvgIpc) is 3.11. The first-order valence-electron chi connectivity index (χ1n) is 12.7. The number of aromatic hydroxyl groups is 1. The Hall–Kier alpha value is -3.19. The van der Waals surface area contributed by atoms with E-state index < -0.39 is 18.0 Å². The van der Waals surface area contributed by atoms with Crippen molar-refractivity contribution < 1.29 is 24.5 Å². The smallest absolute Gasteiger partial charge is 0.305 e. The van der Waals surface area contributed by atoms with Crippen LogP contribution in [0, 0.1) is 17.2 Å². The highest BCUT2D eigenvalue weighted by atomic mass is 16.5. The van der Waals surface area contributed by atoms with Crippen LogP contribution in [-0.4, -0.2) is 52.9 Å². The molecule has 3 N–H and O–H groups in total. The van der Waals surface area contributed by atoms with Crippen LogP contribution in [0.3, 0.4) is 0 Å². The van der Waals surface area contributed by atoms with Gasteiger partial charge in [-0.1, -0.05) is 71.9 Å². The van der Waals surface area contributed by atoms with Crippen molar-refractivity contribution >= 4 is 17.6 Å². The van der Waals surface area contributed by atoms with Gasteiger partial charge in [0.2, 0.25) is 0 Å². The molecule has 1 saturated heterocycles. The van der Waals surface area contributed by atoms with E-state index in [1.807, 2.05) is 59.7 Å². The molecule has 1 heterocycles. The average molecular weight is 509 g/mol. The summed E-state index contributed by atoms with van der Waals surface area (Å²) < 4.78 is 4.87. The largest absolute Gasteiger partial charge is 0.507 e. The molecule has 1 aliphatic rings. The molecule has 7 nitrogen and oxygen atoms in total. The highest BCUT2D eigenvalue weighted by Gasteiger charge is 2.44. The lowest BCUT2D eigenvalue weighted by molar-refractivity contribution is -0.142. The van der Waals surface area contributed by atoms with Crippen LogP contribution < -0.4 is 0 Å². The zero-order valence-corrected chi connectivity index (χ0v) is 23.0. The van der Waals surface area contributed by atoms with E-state index in [1.165, 1.54) is 7.11 Å². The number of ketones is 1. The zero-order valence-electron chi connectivity index (χ0n) is 23.0. The van der Waals surface area contributed by atoms with Crippen molar-refractivity contribution in [3.63, 3.8) is 0 Å². The molecule has 37 heavy (non-hydrogen) atoms. The lowest BCUT2D eigenvalue weighted by Gasteiger charge is -2.28. The quantitative estimate of drug-likeness (QED) is 0.359. The van der Waals surface area contributed by atoms with E-state index in [9.17, 15) is 19.8 Å². The van der Waals surface area contributed by atoms with Crippen molar-refractivity contribution in [2.45, 2.75) is 64.9 Å². The number of likely N-dealkylation sites (tertiary alicyclic amines) is 1. The van der Waals surface area contributed by atoms with Gasteiger partial charge in [-0.2, -0.15) is 0 Å². The summed E-state index contributed by atoms with van der Waals surface area (Å²) in [7, 11) is 1.32. The highest BCUT2D eigenvalue weighted by Crippen LogP contribution is 2.41. The number of phenolic OH excluding ortho intramolecular Hbond substituents is 1. The molecule has 3 atom stereocenters.